The van der Waals surface area contributed by atoms with Crippen molar-refractivity contribution in [3.63, 3.8) is 0 Å². The first-order valence-corrected chi connectivity index (χ1v) is 5.03. The van der Waals surface area contributed by atoms with Crippen LogP contribution in [0, 0.1) is 0 Å². The van der Waals surface area contributed by atoms with Gasteiger partial charge < -0.3 is 10.8 Å². The van der Waals surface area contributed by atoms with Crippen molar-refractivity contribution >= 4 is 29.5 Å². The van der Waals surface area contributed by atoms with E-state index in [-0.39, 0.29) is 4.58 Å². The molecule has 0 aromatic rings. The summed E-state index contributed by atoms with van der Waals surface area (Å²) in [4.78, 5) is 10.3. The van der Waals surface area contributed by atoms with Crippen molar-refractivity contribution in [2.45, 2.75) is 10.6 Å². The van der Waals surface area contributed by atoms with Gasteiger partial charge in [0.25, 0.3) is 0 Å². The van der Waals surface area contributed by atoms with Crippen molar-refractivity contribution in [3.8, 4) is 0 Å². The molecule has 0 aromatic carbocycles. The van der Waals surface area contributed by atoms with Crippen LogP contribution < -0.4 is 5.73 Å². The van der Waals surface area contributed by atoms with Crippen molar-refractivity contribution in [3.05, 3.63) is 0 Å². The van der Waals surface area contributed by atoms with E-state index >= 15 is 0 Å². The number of hydrogen-bond acceptors (Lipinski definition) is 4. The SMILES string of the molecule is NC(C(=O)O)C1SCCS1. The summed E-state index contributed by atoms with van der Waals surface area (Å²) < 4.78 is 0.0671. The molecule has 58 valence electrons. The number of carboxylic acids is 1. The van der Waals surface area contributed by atoms with E-state index in [1.165, 1.54) is 0 Å². The van der Waals surface area contributed by atoms with Gasteiger partial charge in [0.1, 0.15) is 6.04 Å². The first-order valence-electron chi connectivity index (χ1n) is 2.93. The topological polar surface area (TPSA) is 63.3 Å². The Balaban J connectivity index is 2.39. The van der Waals surface area contributed by atoms with Crippen molar-refractivity contribution in [1.82, 2.24) is 0 Å². The third-order valence-electron chi connectivity index (χ3n) is 1.23. The Labute approximate surface area is 67.7 Å². The van der Waals surface area contributed by atoms with Crippen molar-refractivity contribution < 1.29 is 9.90 Å². The maximum Gasteiger partial charge on any atom is 0.322 e. The standard InChI is InChI=1S/C5H9NO2S2/c6-3(4(7)8)5-9-1-2-10-5/h3,5H,1-2,6H2,(H,7,8). The Hall–Kier alpha value is 0.130. The molecule has 1 fully saturated rings. The van der Waals surface area contributed by atoms with Gasteiger partial charge in [-0.3, -0.25) is 4.79 Å². The smallest absolute Gasteiger partial charge is 0.322 e. The van der Waals surface area contributed by atoms with E-state index in [0.29, 0.717) is 0 Å². The Morgan fingerprint density at radius 1 is 1.60 bits per heavy atom. The lowest BCUT2D eigenvalue weighted by molar-refractivity contribution is -0.138. The summed E-state index contributed by atoms with van der Waals surface area (Å²) in [5.41, 5.74) is 5.38. The molecule has 1 rings (SSSR count). The Bertz CT molecular complexity index is 136. The molecule has 1 heterocycles. The van der Waals surface area contributed by atoms with Crippen LogP contribution in [0.15, 0.2) is 0 Å². The van der Waals surface area contributed by atoms with Crippen LogP contribution in [-0.2, 0) is 4.79 Å². The molecule has 1 unspecified atom stereocenters. The normalized spacial score (nSPS) is 22.9. The highest BCUT2D eigenvalue weighted by Crippen LogP contribution is 2.33. The second kappa shape index (κ2) is 3.50. The Kier molecular flexibility index (Phi) is 2.88. The maximum atomic E-state index is 10.3. The fourth-order valence-corrected chi connectivity index (χ4v) is 3.54. The van der Waals surface area contributed by atoms with E-state index in [2.05, 4.69) is 0 Å². The quantitative estimate of drug-likeness (QED) is 0.634. The summed E-state index contributed by atoms with van der Waals surface area (Å²) in [6.07, 6.45) is 0. The predicted octanol–water partition coefficient (Wildman–Crippen LogP) is 0.204. The highest BCUT2D eigenvalue weighted by atomic mass is 32.2. The van der Waals surface area contributed by atoms with Crippen molar-refractivity contribution in [2.75, 3.05) is 11.5 Å². The van der Waals surface area contributed by atoms with Crippen molar-refractivity contribution in [1.29, 1.82) is 0 Å². The third-order valence-corrected chi connectivity index (χ3v) is 4.42. The molecular weight excluding hydrogens is 170 g/mol. The first kappa shape index (κ1) is 8.23. The monoisotopic (exact) mass is 179 g/mol. The molecule has 0 aliphatic carbocycles. The summed E-state index contributed by atoms with van der Waals surface area (Å²) in [5.74, 6) is 1.15. The van der Waals surface area contributed by atoms with Gasteiger partial charge in [-0.15, -0.1) is 23.5 Å². The molecule has 3 N–H and O–H groups in total. The fourth-order valence-electron chi connectivity index (χ4n) is 0.700. The molecule has 0 aromatic heterocycles. The summed E-state index contributed by atoms with van der Waals surface area (Å²) in [5, 5.41) is 8.49. The lowest BCUT2D eigenvalue weighted by Crippen LogP contribution is -2.37. The summed E-state index contributed by atoms with van der Waals surface area (Å²) in [6.45, 7) is 0. The minimum Gasteiger partial charge on any atom is -0.480 e. The molecule has 1 atom stereocenters. The van der Waals surface area contributed by atoms with Crippen LogP contribution in [0.1, 0.15) is 0 Å². The molecular formula is C5H9NO2S2. The van der Waals surface area contributed by atoms with Gasteiger partial charge >= 0.3 is 5.97 Å². The third kappa shape index (κ3) is 1.81. The lowest BCUT2D eigenvalue weighted by atomic mass is 10.4. The highest BCUT2D eigenvalue weighted by Gasteiger charge is 2.28. The lowest BCUT2D eigenvalue weighted by Gasteiger charge is -2.11. The zero-order chi connectivity index (χ0) is 7.56. The molecule has 5 heteroatoms. The largest absolute Gasteiger partial charge is 0.480 e. The number of aliphatic carboxylic acids is 1. The van der Waals surface area contributed by atoms with E-state index in [1.54, 1.807) is 23.5 Å². The zero-order valence-corrected chi connectivity index (χ0v) is 6.95. The average Bonchev–Trinajstić information content (AvgIpc) is 2.36. The van der Waals surface area contributed by atoms with E-state index in [4.69, 9.17) is 10.8 Å². The van der Waals surface area contributed by atoms with Gasteiger partial charge in [0, 0.05) is 11.5 Å². The van der Waals surface area contributed by atoms with E-state index in [0.717, 1.165) is 11.5 Å². The Morgan fingerprint density at radius 2 is 2.10 bits per heavy atom. The molecule has 0 radical (unpaired) electrons. The number of thioether (sulfide) groups is 2. The molecule has 0 amide bonds. The summed E-state index contributed by atoms with van der Waals surface area (Å²) in [6, 6.07) is -0.697. The van der Waals surface area contributed by atoms with Gasteiger partial charge in [0.15, 0.2) is 0 Å². The van der Waals surface area contributed by atoms with Crippen LogP contribution in [0.5, 0.6) is 0 Å². The number of carbonyl (C=O) groups is 1. The highest BCUT2D eigenvalue weighted by molar-refractivity contribution is 8.20. The van der Waals surface area contributed by atoms with Gasteiger partial charge in [-0.25, -0.2) is 0 Å². The van der Waals surface area contributed by atoms with Gasteiger partial charge in [0.05, 0.1) is 4.58 Å². The minimum absolute atomic E-state index is 0.0671. The van der Waals surface area contributed by atoms with E-state index in [1.807, 2.05) is 0 Å². The second-order valence-electron chi connectivity index (χ2n) is 1.97. The van der Waals surface area contributed by atoms with Gasteiger partial charge in [-0.05, 0) is 0 Å². The molecule has 0 saturated carbocycles. The zero-order valence-electron chi connectivity index (χ0n) is 5.32. The summed E-state index contributed by atoms with van der Waals surface area (Å²) in [7, 11) is 0. The molecule has 0 spiro atoms. The van der Waals surface area contributed by atoms with Crippen LogP contribution >= 0.6 is 23.5 Å². The second-order valence-corrected chi connectivity index (χ2v) is 4.77. The van der Waals surface area contributed by atoms with Gasteiger partial charge in [0.2, 0.25) is 0 Å². The number of hydrogen-bond donors (Lipinski definition) is 2. The van der Waals surface area contributed by atoms with Crippen LogP contribution in [0.4, 0.5) is 0 Å². The molecule has 1 aliphatic heterocycles. The molecule has 10 heavy (non-hydrogen) atoms. The van der Waals surface area contributed by atoms with Crippen LogP contribution in [0.2, 0.25) is 0 Å². The van der Waals surface area contributed by atoms with Crippen LogP contribution in [0.25, 0.3) is 0 Å². The number of nitrogens with two attached hydrogens (primary N) is 1. The Morgan fingerprint density at radius 3 is 2.50 bits per heavy atom. The molecule has 1 saturated heterocycles. The minimum atomic E-state index is -0.896. The van der Waals surface area contributed by atoms with Crippen LogP contribution in [0.3, 0.4) is 0 Å². The maximum absolute atomic E-state index is 10.3. The first-order chi connectivity index (χ1) is 4.72. The average molecular weight is 179 g/mol. The summed E-state index contributed by atoms with van der Waals surface area (Å²) >= 11 is 3.27. The van der Waals surface area contributed by atoms with Crippen molar-refractivity contribution in [2.24, 2.45) is 5.73 Å². The predicted molar refractivity (Wildman–Crippen MR) is 44.3 cm³/mol. The van der Waals surface area contributed by atoms with Gasteiger partial charge in [-0.1, -0.05) is 0 Å². The van der Waals surface area contributed by atoms with E-state index in [9.17, 15) is 4.79 Å². The molecule has 1 aliphatic rings. The number of rotatable bonds is 2. The van der Waals surface area contributed by atoms with Gasteiger partial charge in [-0.2, -0.15) is 0 Å². The van der Waals surface area contributed by atoms with Crippen LogP contribution in [-0.4, -0.2) is 33.2 Å². The molecule has 3 nitrogen and oxygen atoms in total. The fraction of sp³-hybridized carbons (Fsp3) is 0.800. The van der Waals surface area contributed by atoms with E-state index < -0.39 is 12.0 Å². The molecule has 0 bridgehead atoms. The number of carboxylic acid groups (broad SMARTS) is 1.